The molecule has 1 heterocycles. The number of hydrogen-bond acceptors (Lipinski definition) is 4. The number of ether oxygens (including phenoxy) is 1. The minimum atomic E-state index is -0.530. The van der Waals surface area contributed by atoms with Crippen LogP contribution in [0.2, 0.25) is 0 Å². The number of aliphatic hydroxyl groups is 1. The van der Waals surface area contributed by atoms with Gasteiger partial charge < -0.3 is 9.84 Å². The molecule has 0 radical (unpaired) electrons. The number of hydrogen-bond donors (Lipinski definition) is 1. The summed E-state index contributed by atoms with van der Waals surface area (Å²) < 4.78 is 5.81. The number of benzene rings is 1. The average molecular weight is 277 g/mol. The van der Waals surface area contributed by atoms with Crippen molar-refractivity contribution in [3.05, 3.63) is 45.4 Å². The van der Waals surface area contributed by atoms with Crippen LogP contribution >= 0.6 is 11.3 Å². The second-order valence-electron chi connectivity index (χ2n) is 4.59. The second-order valence-corrected chi connectivity index (χ2v) is 5.53. The zero-order chi connectivity index (χ0) is 13.8. The molecule has 0 saturated heterocycles. The number of aryl methyl sites for hydroxylation is 2. The smallest absolute Gasteiger partial charge is 0.131 e. The molecule has 0 fully saturated rings. The standard InChI is InChI=1S/C15H19NO2S/c1-4-15-16-12(9-19-15)8-18-14-7-10(2)5-6-13(14)11(3)17/h5-7,9,11,17H,4,8H2,1-3H3. The van der Waals surface area contributed by atoms with Crippen LogP contribution < -0.4 is 4.74 Å². The predicted molar refractivity (Wildman–Crippen MR) is 77.6 cm³/mol. The van der Waals surface area contributed by atoms with Crippen molar-refractivity contribution >= 4 is 11.3 Å². The number of aromatic nitrogens is 1. The van der Waals surface area contributed by atoms with E-state index >= 15 is 0 Å². The lowest BCUT2D eigenvalue weighted by Gasteiger charge is -2.13. The van der Waals surface area contributed by atoms with Gasteiger partial charge in [-0.2, -0.15) is 0 Å². The van der Waals surface area contributed by atoms with Gasteiger partial charge >= 0.3 is 0 Å². The van der Waals surface area contributed by atoms with Gasteiger partial charge in [0.05, 0.1) is 16.8 Å². The maximum atomic E-state index is 9.74. The van der Waals surface area contributed by atoms with Gasteiger partial charge in [0.15, 0.2) is 0 Å². The van der Waals surface area contributed by atoms with Crippen molar-refractivity contribution in [2.24, 2.45) is 0 Å². The molecule has 2 aromatic rings. The monoisotopic (exact) mass is 277 g/mol. The van der Waals surface area contributed by atoms with E-state index in [1.807, 2.05) is 30.5 Å². The lowest BCUT2D eigenvalue weighted by molar-refractivity contribution is 0.190. The minimum Gasteiger partial charge on any atom is -0.487 e. The Morgan fingerprint density at radius 3 is 2.84 bits per heavy atom. The molecule has 0 saturated carbocycles. The van der Waals surface area contributed by atoms with Gasteiger partial charge in [-0.25, -0.2) is 4.98 Å². The van der Waals surface area contributed by atoms with Crippen molar-refractivity contribution in [3.8, 4) is 5.75 Å². The van der Waals surface area contributed by atoms with Crippen LogP contribution in [0.4, 0.5) is 0 Å². The fourth-order valence-electron chi connectivity index (χ4n) is 1.84. The van der Waals surface area contributed by atoms with Crippen molar-refractivity contribution in [1.82, 2.24) is 4.98 Å². The van der Waals surface area contributed by atoms with Crippen LogP contribution in [0, 0.1) is 6.92 Å². The highest BCUT2D eigenvalue weighted by Gasteiger charge is 2.10. The number of nitrogens with zero attached hydrogens (tertiary/aromatic N) is 1. The number of aliphatic hydroxyl groups excluding tert-OH is 1. The Hall–Kier alpha value is -1.39. The van der Waals surface area contributed by atoms with Crippen LogP contribution in [-0.2, 0) is 13.0 Å². The third kappa shape index (κ3) is 3.55. The molecule has 0 amide bonds. The second kappa shape index (κ2) is 6.17. The Kier molecular flexibility index (Phi) is 4.56. The molecule has 1 aromatic carbocycles. The van der Waals surface area contributed by atoms with Gasteiger partial charge in [-0.3, -0.25) is 0 Å². The first-order chi connectivity index (χ1) is 9.10. The van der Waals surface area contributed by atoms with Crippen LogP contribution in [0.15, 0.2) is 23.6 Å². The Labute approximate surface area is 117 Å². The summed E-state index contributed by atoms with van der Waals surface area (Å²) in [6.45, 7) is 6.29. The summed E-state index contributed by atoms with van der Waals surface area (Å²) in [6, 6.07) is 5.84. The molecule has 3 nitrogen and oxygen atoms in total. The van der Waals surface area contributed by atoms with E-state index in [4.69, 9.17) is 4.74 Å². The zero-order valence-electron chi connectivity index (χ0n) is 11.5. The Morgan fingerprint density at radius 2 is 2.21 bits per heavy atom. The van der Waals surface area contributed by atoms with E-state index in [1.165, 1.54) is 0 Å². The van der Waals surface area contributed by atoms with Crippen molar-refractivity contribution in [2.45, 2.75) is 39.9 Å². The topological polar surface area (TPSA) is 42.4 Å². The normalized spacial score (nSPS) is 12.4. The van der Waals surface area contributed by atoms with E-state index in [0.717, 1.165) is 34.0 Å². The molecule has 0 aliphatic rings. The van der Waals surface area contributed by atoms with E-state index in [0.29, 0.717) is 6.61 Å². The van der Waals surface area contributed by atoms with Crippen LogP contribution in [0.3, 0.4) is 0 Å². The quantitative estimate of drug-likeness (QED) is 0.907. The Balaban J connectivity index is 2.12. The lowest BCUT2D eigenvalue weighted by Crippen LogP contribution is -2.01. The molecule has 0 bridgehead atoms. The van der Waals surface area contributed by atoms with Gasteiger partial charge in [0.2, 0.25) is 0 Å². The minimum absolute atomic E-state index is 0.444. The van der Waals surface area contributed by atoms with E-state index in [2.05, 4.69) is 11.9 Å². The molecular formula is C15H19NO2S. The predicted octanol–water partition coefficient (Wildman–Crippen LogP) is 3.65. The number of thiazole rings is 1. The van der Waals surface area contributed by atoms with Crippen molar-refractivity contribution in [3.63, 3.8) is 0 Å². The highest BCUT2D eigenvalue weighted by atomic mass is 32.1. The van der Waals surface area contributed by atoms with Crippen molar-refractivity contribution in [1.29, 1.82) is 0 Å². The SMILES string of the molecule is CCc1nc(COc2cc(C)ccc2C(C)O)cs1. The van der Waals surface area contributed by atoms with Crippen LogP contribution in [0.1, 0.15) is 41.8 Å². The van der Waals surface area contributed by atoms with Gasteiger partial charge in [-0.05, 0) is 31.9 Å². The summed E-state index contributed by atoms with van der Waals surface area (Å²) in [5.41, 5.74) is 2.88. The maximum Gasteiger partial charge on any atom is 0.131 e. The van der Waals surface area contributed by atoms with Crippen LogP contribution in [-0.4, -0.2) is 10.1 Å². The first-order valence-electron chi connectivity index (χ1n) is 6.44. The fraction of sp³-hybridized carbons (Fsp3) is 0.400. The molecular weight excluding hydrogens is 258 g/mol. The first-order valence-corrected chi connectivity index (χ1v) is 7.32. The van der Waals surface area contributed by atoms with Gasteiger partial charge in [0, 0.05) is 10.9 Å². The summed E-state index contributed by atoms with van der Waals surface area (Å²) in [5.74, 6) is 0.737. The molecule has 19 heavy (non-hydrogen) atoms. The molecule has 1 atom stereocenters. The third-order valence-electron chi connectivity index (χ3n) is 2.90. The molecule has 1 N–H and O–H groups in total. The van der Waals surface area contributed by atoms with Crippen molar-refractivity contribution in [2.75, 3.05) is 0 Å². The largest absolute Gasteiger partial charge is 0.487 e. The highest BCUT2D eigenvalue weighted by molar-refractivity contribution is 7.09. The van der Waals surface area contributed by atoms with Crippen molar-refractivity contribution < 1.29 is 9.84 Å². The maximum absolute atomic E-state index is 9.74. The number of rotatable bonds is 5. The fourth-order valence-corrected chi connectivity index (χ4v) is 2.57. The van der Waals surface area contributed by atoms with Crippen LogP contribution in [0.25, 0.3) is 0 Å². The summed E-state index contributed by atoms with van der Waals surface area (Å²) in [4.78, 5) is 4.47. The molecule has 1 aromatic heterocycles. The van der Waals surface area contributed by atoms with E-state index in [-0.39, 0.29) is 0 Å². The molecule has 0 spiro atoms. The van der Waals surface area contributed by atoms with Crippen LogP contribution in [0.5, 0.6) is 5.75 Å². The molecule has 2 rings (SSSR count). The van der Waals surface area contributed by atoms with Gasteiger partial charge in [-0.15, -0.1) is 11.3 Å². The molecule has 102 valence electrons. The summed E-state index contributed by atoms with van der Waals surface area (Å²) in [6.07, 6.45) is 0.422. The van der Waals surface area contributed by atoms with Gasteiger partial charge in [0.25, 0.3) is 0 Å². The van der Waals surface area contributed by atoms with Gasteiger partial charge in [-0.1, -0.05) is 19.1 Å². The van der Waals surface area contributed by atoms with E-state index < -0.39 is 6.10 Å². The highest BCUT2D eigenvalue weighted by Crippen LogP contribution is 2.27. The Morgan fingerprint density at radius 1 is 1.42 bits per heavy atom. The molecule has 4 heteroatoms. The Bertz CT molecular complexity index is 549. The van der Waals surface area contributed by atoms with Gasteiger partial charge in [0.1, 0.15) is 12.4 Å². The molecule has 0 aliphatic carbocycles. The van der Waals surface area contributed by atoms with E-state index in [9.17, 15) is 5.11 Å². The summed E-state index contributed by atoms with van der Waals surface area (Å²) in [7, 11) is 0. The average Bonchev–Trinajstić information content (AvgIpc) is 2.84. The summed E-state index contributed by atoms with van der Waals surface area (Å²) in [5, 5.41) is 12.9. The lowest BCUT2D eigenvalue weighted by atomic mass is 10.1. The summed E-state index contributed by atoms with van der Waals surface area (Å²) >= 11 is 1.66. The van der Waals surface area contributed by atoms with E-state index in [1.54, 1.807) is 18.3 Å². The third-order valence-corrected chi connectivity index (χ3v) is 3.94. The first kappa shape index (κ1) is 14.0. The zero-order valence-corrected chi connectivity index (χ0v) is 12.3. The molecule has 1 unspecified atom stereocenters. The molecule has 0 aliphatic heterocycles.